The number of hydrogen-bond donors (Lipinski definition) is 1. The highest BCUT2D eigenvalue weighted by Crippen LogP contribution is 2.34. The van der Waals surface area contributed by atoms with Crippen LogP contribution in [0.3, 0.4) is 0 Å². The highest BCUT2D eigenvalue weighted by molar-refractivity contribution is 5.96. The molecule has 0 bridgehead atoms. The fourth-order valence-corrected chi connectivity index (χ4v) is 2.46. The van der Waals surface area contributed by atoms with Crippen LogP contribution < -0.4 is 0 Å². The molecule has 0 saturated carbocycles. The summed E-state index contributed by atoms with van der Waals surface area (Å²) in [6.07, 6.45) is 3.74. The third-order valence-corrected chi connectivity index (χ3v) is 3.36. The van der Waals surface area contributed by atoms with Crippen molar-refractivity contribution < 1.29 is 5.11 Å². The van der Waals surface area contributed by atoms with Gasteiger partial charge in [-0.15, -0.1) is 0 Å². The predicted molar refractivity (Wildman–Crippen MR) is 76.9 cm³/mol. The van der Waals surface area contributed by atoms with E-state index in [1.165, 1.54) is 0 Å². The van der Waals surface area contributed by atoms with E-state index in [4.69, 9.17) is 0 Å². The van der Waals surface area contributed by atoms with Gasteiger partial charge in [0.2, 0.25) is 0 Å². The number of nitrogens with zero attached hydrogens (tertiary/aromatic N) is 3. The van der Waals surface area contributed by atoms with Crippen LogP contribution in [0.1, 0.15) is 16.8 Å². The van der Waals surface area contributed by atoms with E-state index in [-0.39, 0.29) is 5.75 Å². The van der Waals surface area contributed by atoms with Gasteiger partial charge in [0, 0.05) is 18.1 Å². The number of phenols is 1. The monoisotopic (exact) mass is 263 g/mol. The van der Waals surface area contributed by atoms with Crippen LogP contribution in [0, 0.1) is 25.2 Å². The molecule has 4 nitrogen and oxygen atoms in total. The average Bonchev–Trinajstić information content (AvgIpc) is 2.91. The van der Waals surface area contributed by atoms with Crippen molar-refractivity contribution in [1.82, 2.24) is 9.55 Å². The maximum atomic E-state index is 10.4. The molecule has 3 aromatic rings. The minimum absolute atomic E-state index is 0.00120. The third-order valence-electron chi connectivity index (χ3n) is 3.36. The van der Waals surface area contributed by atoms with E-state index in [1.807, 2.05) is 55.1 Å². The highest BCUT2D eigenvalue weighted by atomic mass is 16.3. The Kier molecular flexibility index (Phi) is 2.69. The van der Waals surface area contributed by atoms with E-state index in [9.17, 15) is 10.4 Å². The zero-order chi connectivity index (χ0) is 14.3. The first-order valence-corrected chi connectivity index (χ1v) is 6.29. The molecular formula is C16H13N3O. The Morgan fingerprint density at radius 3 is 2.55 bits per heavy atom. The summed E-state index contributed by atoms with van der Waals surface area (Å²) in [7, 11) is 0. The number of rotatable bonds is 1. The third kappa shape index (κ3) is 1.72. The fourth-order valence-electron chi connectivity index (χ4n) is 2.46. The number of aryl methyl sites for hydroxylation is 2. The summed E-state index contributed by atoms with van der Waals surface area (Å²) < 4.78 is 1.84. The molecule has 0 saturated heterocycles. The number of aromatic hydroxyl groups is 1. The first-order valence-electron chi connectivity index (χ1n) is 6.29. The lowest BCUT2D eigenvalue weighted by Crippen LogP contribution is -1.99. The molecule has 98 valence electrons. The molecule has 0 aliphatic heterocycles. The molecule has 3 rings (SSSR count). The zero-order valence-electron chi connectivity index (χ0n) is 11.3. The molecule has 4 heteroatoms. The van der Waals surface area contributed by atoms with Crippen LogP contribution in [0.4, 0.5) is 0 Å². The number of aromatic nitrogens is 2. The van der Waals surface area contributed by atoms with Crippen LogP contribution >= 0.6 is 0 Å². The summed E-state index contributed by atoms with van der Waals surface area (Å²) >= 11 is 0. The second-order valence-electron chi connectivity index (χ2n) is 4.80. The minimum Gasteiger partial charge on any atom is -0.506 e. The molecule has 2 heterocycles. The van der Waals surface area contributed by atoms with Crippen LogP contribution in [-0.4, -0.2) is 14.7 Å². The number of fused-ring (bicyclic) bond motifs is 1. The van der Waals surface area contributed by atoms with Crippen molar-refractivity contribution in [3.63, 3.8) is 0 Å². The Labute approximate surface area is 116 Å². The van der Waals surface area contributed by atoms with Crippen molar-refractivity contribution in [2.75, 3.05) is 0 Å². The van der Waals surface area contributed by atoms with Crippen molar-refractivity contribution in [2.24, 2.45) is 0 Å². The number of phenolic OH excluding ortho intramolecular Hbond substituents is 1. The Morgan fingerprint density at radius 2 is 1.90 bits per heavy atom. The van der Waals surface area contributed by atoms with Crippen LogP contribution in [0.5, 0.6) is 5.75 Å². The van der Waals surface area contributed by atoms with Gasteiger partial charge in [-0.25, -0.2) is 4.98 Å². The molecule has 0 fully saturated rings. The number of benzene rings is 1. The standard InChI is InChI=1S/C16H13N3O/c1-10-7-12-8-11(2)18-16(19-5-3-4-6-19)14(12)15(20)13(10)9-17/h3-8,20H,1-2H3. The van der Waals surface area contributed by atoms with E-state index < -0.39 is 0 Å². The van der Waals surface area contributed by atoms with Gasteiger partial charge in [-0.3, -0.25) is 0 Å². The van der Waals surface area contributed by atoms with Crippen molar-refractivity contribution in [3.8, 4) is 17.6 Å². The minimum atomic E-state index is -0.00120. The molecule has 1 aromatic carbocycles. The van der Waals surface area contributed by atoms with Crippen LogP contribution in [0.2, 0.25) is 0 Å². The average molecular weight is 263 g/mol. The van der Waals surface area contributed by atoms with Crippen LogP contribution in [0.25, 0.3) is 16.6 Å². The van der Waals surface area contributed by atoms with Gasteiger partial charge in [-0.05, 0) is 49.1 Å². The quantitative estimate of drug-likeness (QED) is 0.733. The number of pyridine rings is 1. The van der Waals surface area contributed by atoms with Gasteiger partial charge in [-0.2, -0.15) is 5.26 Å². The van der Waals surface area contributed by atoms with E-state index >= 15 is 0 Å². The van der Waals surface area contributed by atoms with Crippen molar-refractivity contribution in [3.05, 3.63) is 53.5 Å². The van der Waals surface area contributed by atoms with Crippen LogP contribution in [-0.2, 0) is 0 Å². The van der Waals surface area contributed by atoms with Crippen molar-refractivity contribution in [1.29, 1.82) is 5.26 Å². The van der Waals surface area contributed by atoms with Gasteiger partial charge < -0.3 is 9.67 Å². The van der Waals surface area contributed by atoms with Gasteiger partial charge in [0.1, 0.15) is 17.6 Å². The number of hydrogen-bond acceptors (Lipinski definition) is 3. The second kappa shape index (κ2) is 4.39. The maximum absolute atomic E-state index is 10.4. The van der Waals surface area contributed by atoms with Gasteiger partial charge in [0.05, 0.1) is 10.9 Å². The van der Waals surface area contributed by atoms with E-state index in [0.717, 1.165) is 16.6 Å². The molecule has 0 amide bonds. The maximum Gasteiger partial charge on any atom is 0.148 e. The van der Waals surface area contributed by atoms with Gasteiger partial charge in [0.25, 0.3) is 0 Å². The summed E-state index contributed by atoms with van der Waals surface area (Å²) in [6, 6.07) is 9.67. The normalized spacial score (nSPS) is 10.7. The Morgan fingerprint density at radius 1 is 1.20 bits per heavy atom. The highest BCUT2D eigenvalue weighted by Gasteiger charge is 2.15. The smallest absolute Gasteiger partial charge is 0.148 e. The van der Waals surface area contributed by atoms with E-state index in [2.05, 4.69) is 11.1 Å². The lowest BCUT2D eigenvalue weighted by Gasteiger charge is -2.12. The molecule has 0 spiro atoms. The SMILES string of the molecule is Cc1cc2cc(C)c(C#N)c(O)c2c(-n2cccc2)n1. The van der Waals surface area contributed by atoms with Crippen molar-refractivity contribution >= 4 is 10.8 Å². The Hall–Kier alpha value is -2.80. The van der Waals surface area contributed by atoms with Gasteiger partial charge in [0.15, 0.2) is 0 Å². The molecule has 0 aliphatic rings. The van der Waals surface area contributed by atoms with E-state index in [0.29, 0.717) is 16.8 Å². The molecular weight excluding hydrogens is 250 g/mol. The molecule has 0 aliphatic carbocycles. The lowest BCUT2D eigenvalue weighted by molar-refractivity contribution is 0.479. The Balaban J connectivity index is 2.50. The van der Waals surface area contributed by atoms with Gasteiger partial charge >= 0.3 is 0 Å². The molecule has 0 unspecified atom stereocenters. The molecule has 0 radical (unpaired) electrons. The second-order valence-corrected chi connectivity index (χ2v) is 4.80. The topological polar surface area (TPSA) is 61.8 Å². The fraction of sp³-hybridized carbons (Fsp3) is 0.125. The summed E-state index contributed by atoms with van der Waals surface area (Å²) in [5.74, 6) is 0.637. The summed E-state index contributed by atoms with van der Waals surface area (Å²) in [5, 5.41) is 21.1. The first-order chi connectivity index (χ1) is 9.61. The summed E-state index contributed by atoms with van der Waals surface area (Å²) in [5.41, 5.74) is 1.93. The molecule has 2 aromatic heterocycles. The summed E-state index contributed by atoms with van der Waals surface area (Å²) in [4.78, 5) is 4.50. The predicted octanol–water partition coefficient (Wildman–Crippen LogP) is 3.22. The van der Waals surface area contributed by atoms with Crippen LogP contribution in [0.15, 0.2) is 36.7 Å². The summed E-state index contributed by atoms with van der Waals surface area (Å²) in [6.45, 7) is 3.74. The van der Waals surface area contributed by atoms with Crippen molar-refractivity contribution in [2.45, 2.75) is 13.8 Å². The molecule has 1 N–H and O–H groups in total. The molecule has 0 atom stereocenters. The number of nitriles is 1. The zero-order valence-corrected chi connectivity index (χ0v) is 11.3. The van der Waals surface area contributed by atoms with E-state index in [1.54, 1.807) is 0 Å². The first kappa shape index (κ1) is 12.2. The lowest BCUT2D eigenvalue weighted by atomic mass is 10.0. The Bertz CT molecular complexity index is 843. The van der Waals surface area contributed by atoms with Gasteiger partial charge in [-0.1, -0.05) is 0 Å². The molecule has 20 heavy (non-hydrogen) atoms. The largest absolute Gasteiger partial charge is 0.506 e.